The van der Waals surface area contributed by atoms with Gasteiger partial charge in [0, 0.05) is 25.2 Å². The molecule has 0 spiro atoms. The van der Waals surface area contributed by atoms with E-state index >= 15 is 0 Å². The summed E-state index contributed by atoms with van der Waals surface area (Å²) in [5.41, 5.74) is 7.54. The van der Waals surface area contributed by atoms with Crippen molar-refractivity contribution in [1.29, 1.82) is 0 Å². The smallest absolute Gasteiger partial charge is 0.223 e. The Labute approximate surface area is 110 Å². The Hall–Kier alpha value is -1.51. The highest BCUT2D eigenvalue weighted by Gasteiger charge is 2.14. The zero-order valence-electron chi connectivity index (χ0n) is 11.6. The number of nitrogen functional groups attached to an aromatic ring is 1. The number of hydrogen-bond donors (Lipinski definition) is 1. The van der Waals surface area contributed by atoms with E-state index in [1.807, 2.05) is 36.1 Å². The number of hydrogen-bond acceptors (Lipinski definition) is 2. The van der Waals surface area contributed by atoms with Crippen LogP contribution in [0.25, 0.3) is 0 Å². The maximum atomic E-state index is 12.1. The van der Waals surface area contributed by atoms with Crippen molar-refractivity contribution in [2.24, 2.45) is 5.92 Å². The Morgan fingerprint density at radius 1 is 1.28 bits per heavy atom. The fraction of sp³-hybridized carbons (Fsp3) is 0.533. The normalized spacial score (nSPS) is 12.2. The fourth-order valence-electron chi connectivity index (χ4n) is 1.79. The largest absolute Gasteiger partial charge is 0.399 e. The molecule has 18 heavy (non-hydrogen) atoms. The van der Waals surface area contributed by atoms with E-state index < -0.39 is 0 Å². The van der Waals surface area contributed by atoms with Crippen molar-refractivity contribution in [2.75, 3.05) is 12.3 Å². The quantitative estimate of drug-likeness (QED) is 0.786. The number of anilines is 1. The van der Waals surface area contributed by atoms with Crippen LogP contribution in [-0.2, 0) is 11.3 Å². The lowest BCUT2D eigenvalue weighted by atomic mass is 10.0. The van der Waals surface area contributed by atoms with E-state index in [0.29, 0.717) is 18.9 Å². The van der Waals surface area contributed by atoms with Crippen LogP contribution < -0.4 is 5.73 Å². The van der Waals surface area contributed by atoms with Crippen molar-refractivity contribution in [3.63, 3.8) is 0 Å². The van der Waals surface area contributed by atoms with E-state index in [2.05, 4.69) is 13.8 Å². The number of amides is 1. The predicted molar refractivity (Wildman–Crippen MR) is 76.0 cm³/mol. The average Bonchev–Trinajstić information content (AvgIpc) is 2.37. The Balaban J connectivity index is 2.61. The van der Waals surface area contributed by atoms with E-state index in [1.54, 1.807) is 0 Å². The summed E-state index contributed by atoms with van der Waals surface area (Å²) in [4.78, 5) is 14.0. The SMILES string of the molecule is CCC(C)CC(=O)N(CC)Cc1ccc(N)cc1. The molecular weight excluding hydrogens is 224 g/mol. The van der Waals surface area contributed by atoms with Crippen molar-refractivity contribution >= 4 is 11.6 Å². The lowest BCUT2D eigenvalue weighted by Crippen LogP contribution is -2.31. The molecule has 1 unspecified atom stereocenters. The van der Waals surface area contributed by atoms with Crippen molar-refractivity contribution in [3.8, 4) is 0 Å². The van der Waals surface area contributed by atoms with Gasteiger partial charge in [0.2, 0.25) is 5.91 Å². The number of carbonyl (C=O) groups is 1. The molecule has 100 valence electrons. The van der Waals surface area contributed by atoms with Gasteiger partial charge < -0.3 is 10.6 Å². The molecule has 0 aliphatic heterocycles. The zero-order valence-corrected chi connectivity index (χ0v) is 11.6. The Morgan fingerprint density at radius 3 is 2.39 bits per heavy atom. The summed E-state index contributed by atoms with van der Waals surface area (Å²) in [6.07, 6.45) is 1.68. The molecule has 1 aromatic carbocycles. The molecule has 0 radical (unpaired) electrons. The minimum absolute atomic E-state index is 0.240. The van der Waals surface area contributed by atoms with Crippen molar-refractivity contribution in [3.05, 3.63) is 29.8 Å². The van der Waals surface area contributed by atoms with Crippen LogP contribution in [0.15, 0.2) is 24.3 Å². The first kappa shape index (κ1) is 14.6. The number of nitrogens with two attached hydrogens (primary N) is 1. The second-order valence-corrected chi connectivity index (χ2v) is 4.87. The molecular formula is C15H24N2O. The molecule has 0 aliphatic carbocycles. The van der Waals surface area contributed by atoms with Gasteiger partial charge in [0.05, 0.1) is 0 Å². The van der Waals surface area contributed by atoms with E-state index in [0.717, 1.165) is 24.2 Å². The Morgan fingerprint density at radius 2 is 1.89 bits per heavy atom. The number of carbonyl (C=O) groups excluding carboxylic acids is 1. The van der Waals surface area contributed by atoms with Gasteiger partial charge in [-0.15, -0.1) is 0 Å². The predicted octanol–water partition coefficient (Wildman–Crippen LogP) is 3.05. The maximum Gasteiger partial charge on any atom is 0.223 e. The highest BCUT2D eigenvalue weighted by Crippen LogP contribution is 2.13. The molecule has 1 aromatic rings. The lowest BCUT2D eigenvalue weighted by molar-refractivity contribution is -0.132. The lowest BCUT2D eigenvalue weighted by Gasteiger charge is -2.22. The maximum absolute atomic E-state index is 12.1. The molecule has 1 atom stereocenters. The molecule has 1 amide bonds. The Bertz CT molecular complexity index is 373. The van der Waals surface area contributed by atoms with E-state index in [-0.39, 0.29) is 5.91 Å². The van der Waals surface area contributed by atoms with Gasteiger partial charge in [-0.2, -0.15) is 0 Å². The third-order valence-electron chi connectivity index (χ3n) is 3.31. The number of rotatable bonds is 6. The van der Waals surface area contributed by atoms with Gasteiger partial charge in [-0.1, -0.05) is 32.4 Å². The summed E-state index contributed by atoms with van der Waals surface area (Å²) >= 11 is 0. The van der Waals surface area contributed by atoms with Gasteiger partial charge in [-0.3, -0.25) is 4.79 Å². The van der Waals surface area contributed by atoms with Crippen molar-refractivity contribution < 1.29 is 4.79 Å². The fourth-order valence-corrected chi connectivity index (χ4v) is 1.79. The average molecular weight is 248 g/mol. The molecule has 1 rings (SSSR count). The second-order valence-electron chi connectivity index (χ2n) is 4.87. The van der Waals surface area contributed by atoms with Crippen molar-refractivity contribution in [1.82, 2.24) is 4.90 Å². The highest BCUT2D eigenvalue weighted by molar-refractivity contribution is 5.76. The summed E-state index contributed by atoms with van der Waals surface area (Å²) in [6.45, 7) is 7.68. The van der Waals surface area contributed by atoms with Gasteiger partial charge in [-0.05, 0) is 30.5 Å². The van der Waals surface area contributed by atoms with Crippen LogP contribution in [0.3, 0.4) is 0 Å². The van der Waals surface area contributed by atoms with Gasteiger partial charge in [0.25, 0.3) is 0 Å². The van der Waals surface area contributed by atoms with E-state index in [4.69, 9.17) is 5.73 Å². The first-order valence-corrected chi connectivity index (χ1v) is 6.69. The zero-order chi connectivity index (χ0) is 13.5. The van der Waals surface area contributed by atoms with Gasteiger partial charge in [-0.25, -0.2) is 0 Å². The van der Waals surface area contributed by atoms with Crippen LogP contribution in [0.2, 0.25) is 0 Å². The van der Waals surface area contributed by atoms with Gasteiger partial charge in [0.1, 0.15) is 0 Å². The third kappa shape index (κ3) is 4.40. The topological polar surface area (TPSA) is 46.3 Å². The summed E-state index contributed by atoms with van der Waals surface area (Å²) in [5, 5.41) is 0. The number of benzene rings is 1. The molecule has 0 saturated heterocycles. The monoisotopic (exact) mass is 248 g/mol. The highest BCUT2D eigenvalue weighted by atomic mass is 16.2. The molecule has 0 fully saturated rings. The Kier molecular flexibility index (Phi) is 5.69. The summed E-state index contributed by atoms with van der Waals surface area (Å²) in [6, 6.07) is 7.72. The van der Waals surface area contributed by atoms with Crippen LogP contribution >= 0.6 is 0 Å². The summed E-state index contributed by atoms with van der Waals surface area (Å²) < 4.78 is 0. The third-order valence-corrected chi connectivity index (χ3v) is 3.31. The van der Waals surface area contributed by atoms with Crippen LogP contribution in [0.4, 0.5) is 5.69 Å². The van der Waals surface area contributed by atoms with Crippen LogP contribution in [-0.4, -0.2) is 17.4 Å². The molecule has 0 bridgehead atoms. The first-order valence-electron chi connectivity index (χ1n) is 6.69. The first-order chi connectivity index (χ1) is 8.56. The van der Waals surface area contributed by atoms with Crippen LogP contribution in [0.1, 0.15) is 39.2 Å². The minimum atomic E-state index is 0.240. The standard InChI is InChI=1S/C15H24N2O/c1-4-12(3)10-15(18)17(5-2)11-13-6-8-14(16)9-7-13/h6-9,12H,4-5,10-11,16H2,1-3H3. The molecule has 0 heterocycles. The number of nitrogens with zero attached hydrogens (tertiary/aromatic N) is 1. The molecule has 0 aromatic heterocycles. The van der Waals surface area contributed by atoms with E-state index in [1.165, 1.54) is 0 Å². The molecule has 3 heteroatoms. The van der Waals surface area contributed by atoms with Gasteiger partial charge >= 0.3 is 0 Å². The van der Waals surface area contributed by atoms with Crippen LogP contribution in [0.5, 0.6) is 0 Å². The minimum Gasteiger partial charge on any atom is -0.399 e. The molecule has 2 N–H and O–H groups in total. The van der Waals surface area contributed by atoms with Crippen LogP contribution in [0, 0.1) is 5.92 Å². The molecule has 3 nitrogen and oxygen atoms in total. The molecule has 0 aliphatic rings. The summed E-state index contributed by atoms with van der Waals surface area (Å²) in [5.74, 6) is 0.696. The van der Waals surface area contributed by atoms with Crippen molar-refractivity contribution in [2.45, 2.75) is 40.2 Å². The summed E-state index contributed by atoms with van der Waals surface area (Å²) in [7, 11) is 0. The molecule has 0 saturated carbocycles. The van der Waals surface area contributed by atoms with E-state index in [9.17, 15) is 4.79 Å². The van der Waals surface area contributed by atoms with Gasteiger partial charge in [0.15, 0.2) is 0 Å². The second kappa shape index (κ2) is 7.04.